The lowest BCUT2D eigenvalue weighted by Gasteiger charge is -2.23. The third-order valence-electron chi connectivity index (χ3n) is 5.13. The molecule has 2 aromatic carbocycles. The van der Waals surface area contributed by atoms with Gasteiger partial charge in [0.2, 0.25) is 5.91 Å². The first-order chi connectivity index (χ1) is 14.9. The van der Waals surface area contributed by atoms with E-state index in [1.165, 1.54) is 18.3 Å². The fourth-order valence-corrected chi connectivity index (χ4v) is 4.57. The van der Waals surface area contributed by atoms with Gasteiger partial charge in [-0.15, -0.1) is 11.3 Å². The smallest absolute Gasteiger partial charge is 0.258 e. The van der Waals surface area contributed by atoms with E-state index in [9.17, 15) is 14.4 Å². The largest absolute Gasteiger partial charge is 0.326 e. The molecule has 0 atom stereocenters. The maximum Gasteiger partial charge on any atom is 0.258 e. The molecule has 31 heavy (non-hydrogen) atoms. The van der Waals surface area contributed by atoms with Gasteiger partial charge in [-0.05, 0) is 73.0 Å². The van der Waals surface area contributed by atoms with Gasteiger partial charge < -0.3 is 10.2 Å². The van der Waals surface area contributed by atoms with Crippen molar-refractivity contribution in [3.05, 3.63) is 81.5 Å². The van der Waals surface area contributed by atoms with Crippen LogP contribution >= 0.6 is 11.3 Å². The second kappa shape index (κ2) is 8.70. The minimum atomic E-state index is -0.152. The monoisotopic (exact) mass is 430 g/mol. The van der Waals surface area contributed by atoms with E-state index in [0.29, 0.717) is 24.2 Å². The van der Waals surface area contributed by atoms with Crippen LogP contribution in [-0.2, 0) is 4.79 Å². The number of amides is 2. The molecule has 6 heteroatoms. The standard InChI is InChI=1S/C25H22N2O3S/c1-16(28)23-11-12-24(31-23)20-13-14-27(22-6-4-3-5-19(22)15-20)25(30)18-7-9-21(10-8-18)26-17(2)29/h3-12,15H,13-14H2,1-2H3,(H,26,29). The van der Waals surface area contributed by atoms with Gasteiger partial charge >= 0.3 is 0 Å². The number of rotatable bonds is 4. The van der Waals surface area contributed by atoms with Crippen molar-refractivity contribution in [1.82, 2.24) is 0 Å². The first kappa shape index (κ1) is 20.8. The number of carbonyl (C=O) groups excluding carboxylic acids is 3. The lowest BCUT2D eigenvalue weighted by Crippen LogP contribution is -2.32. The maximum absolute atomic E-state index is 13.4. The van der Waals surface area contributed by atoms with Crippen LogP contribution in [0.4, 0.5) is 11.4 Å². The Morgan fingerprint density at radius 3 is 2.35 bits per heavy atom. The van der Waals surface area contributed by atoms with Crippen molar-refractivity contribution >= 4 is 52.0 Å². The van der Waals surface area contributed by atoms with Crippen LogP contribution in [0.1, 0.15) is 50.7 Å². The zero-order valence-electron chi connectivity index (χ0n) is 17.3. The zero-order chi connectivity index (χ0) is 22.0. The second-order valence-corrected chi connectivity index (χ2v) is 8.50. The number of hydrogen-bond donors (Lipinski definition) is 1. The Balaban J connectivity index is 1.63. The van der Waals surface area contributed by atoms with Gasteiger partial charge in [-0.1, -0.05) is 18.2 Å². The fraction of sp³-hybridized carbons (Fsp3) is 0.160. The van der Waals surface area contributed by atoms with Crippen LogP contribution in [0.3, 0.4) is 0 Å². The highest BCUT2D eigenvalue weighted by molar-refractivity contribution is 7.15. The molecule has 5 nitrogen and oxygen atoms in total. The lowest BCUT2D eigenvalue weighted by atomic mass is 10.1. The number of nitrogens with zero attached hydrogens (tertiary/aromatic N) is 1. The van der Waals surface area contributed by atoms with E-state index in [0.717, 1.165) is 26.6 Å². The van der Waals surface area contributed by atoms with Crippen LogP contribution in [0.5, 0.6) is 0 Å². The van der Waals surface area contributed by atoms with Crippen LogP contribution in [-0.4, -0.2) is 24.1 Å². The highest BCUT2D eigenvalue weighted by atomic mass is 32.1. The molecule has 0 radical (unpaired) electrons. The Labute approximate surface area is 185 Å². The highest BCUT2D eigenvalue weighted by Gasteiger charge is 2.23. The number of para-hydroxylation sites is 1. The lowest BCUT2D eigenvalue weighted by molar-refractivity contribution is -0.114. The fourth-order valence-electron chi connectivity index (χ4n) is 3.63. The number of nitrogens with one attached hydrogen (secondary N) is 1. The van der Waals surface area contributed by atoms with Crippen molar-refractivity contribution in [1.29, 1.82) is 0 Å². The molecule has 0 fully saturated rings. The van der Waals surface area contributed by atoms with Crippen LogP contribution in [0.2, 0.25) is 0 Å². The number of fused-ring (bicyclic) bond motifs is 1. The average molecular weight is 431 g/mol. The SMILES string of the molecule is CC(=O)Nc1ccc(C(=O)N2CCC(c3ccc(C(C)=O)s3)=Cc3ccccc32)cc1. The van der Waals surface area contributed by atoms with Crippen molar-refractivity contribution in [2.75, 3.05) is 16.8 Å². The number of thiophene rings is 1. The summed E-state index contributed by atoms with van der Waals surface area (Å²) in [6.45, 7) is 3.55. The Kier molecular flexibility index (Phi) is 5.82. The second-order valence-electron chi connectivity index (χ2n) is 7.41. The summed E-state index contributed by atoms with van der Waals surface area (Å²) in [6.07, 6.45) is 2.79. The first-order valence-electron chi connectivity index (χ1n) is 10.0. The third kappa shape index (κ3) is 4.49. The molecule has 0 spiro atoms. The predicted octanol–water partition coefficient (Wildman–Crippen LogP) is 5.50. The van der Waals surface area contributed by atoms with E-state index in [1.54, 1.807) is 36.1 Å². The topological polar surface area (TPSA) is 66.5 Å². The summed E-state index contributed by atoms with van der Waals surface area (Å²) in [6, 6.07) is 18.6. The van der Waals surface area contributed by atoms with Gasteiger partial charge in [0.05, 0.1) is 10.6 Å². The molecule has 1 aliphatic rings. The minimum absolute atomic E-state index is 0.0605. The molecule has 0 bridgehead atoms. The maximum atomic E-state index is 13.4. The van der Waals surface area contributed by atoms with E-state index in [2.05, 4.69) is 11.4 Å². The first-order valence-corrected chi connectivity index (χ1v) is 10.8. The normalized spacial score (nSPS) is 13.1. The highest BCUT2D eigenvalue weighted by Crippen LogP contribution is 2.35. The van der Waals surface area contributed by atoms with Gasteiger partial charge in [0.15, 0.2) is 5.78 Å². The van der Waals surface area contributed by atoms with E-state index in [-0.39, 0.29) is 17.6 Å². The summed E-state index contributed by atoms with van der Waals surface area (Å²) in [5.41, 5.74) is 4.15. The van der Waals surface area contributed by atoms with Gasteiger partial charge in [-0.2, -0.15) is 0 Å². The quantitative estimate of drug-likeness (QED) is 0.556. The van der Waals surface area contributed by atoms with Crippen LogP contribution in [0.15, 0.2) is 60.7 Å². The summed E-state index contributed by atoms with van der Waals surface area (Å²) >= 11 is 1.49. The van der Waals surface area contributed by atoms with Gasteiger partial charge in [0.1, 0.15) is 0 Å². The Morgan fingerprint density at radius 2 is 1.68 bits per heavy atom. The molecule has 1 aliphatic heterocycles. The van der Waals surface area contributed by atoms with E-state index >= 15 is 0 Å². The number of ketones is 1. The zero-order valence-corrected chi connectivity index (χ0v) is 18.2. The Bertz CT molecular complexity index is 1190. The minimum Gasteiger partial charge on any atom is -0.326 e. The third-order valence-corrected chi connectivity index (χ3v) is 6.39. The summed E-state index contributed by atoms with van der Waals surface area (Å²) < 4.78 is 0. The van der Waals surface area contributed by atoms with E-state index in [4.69, 9.17) is 0 Å². The number of anilines is 2. The Hall–Kier alpha value is -3.51. The molecule has 2 amide bonds. The summed E-state index contributed by atoms with van der Waals surface area (Å²) in [4.78, 5) is 39.9. The van der Waals surface area contributed by atoms with Crippen LogP contribution in [0.25, 0.3) is 11.6 Å². The number of carbonyl (C=O) groups is 3. The van der Waals surface area contributed by atoms with Crippen molar-refractivity contribution in [2.24, 2.45) is 0 Å². The molecule has 0 saturated heterocycles. The molecule has 0 saturated carbocycles. The molecule has 156 valence electrons. The summed E-state index contributed by atoms with van der Waals surface area (Å²) in [5, 5.41) is 2.71. The molecule has 2 heterocycles. The number of Topliss-reactive ketones (excluding diaryl/α,β-unsaturated/α-hetero) is 1. The summed E-state index contributed by atoms with van der Waals surface area (Å²) in [7, 11) is 0. The molecule has 3 aromatic rings. The number of benzene rings is 2. The van der Waals surface area contributed by atoms with E-state index < -0.39 is 0 Å². The Morgan fingerprint density at radius 1 is 0.935 bits per heavy atom. The van der Waals surface area contributed by atoms with Gasteiger partial charge in [-0.25, -0.2) is 0 Å². The van der Waals surface area contributed by atoms with Crippen molar-refractivity contribution in [3.63, 3.8) is 0 Å². The molecular formula is C25H22N2O3S. The number of hydrogen-bond acceptors (Lipinski definition) is 4. The van der Waals surface area contributed by atoms with Crippen molar-refractivity contribution < 1.29 is 14.4 Å². The van der Waals surface area contributed by atoms with Gasteiger partial charge in [0, 0.05) is 29.6 Å². The van der Waals surface area contributed by atoms with Crippen molar-refractivity contribution in [2.45, 2.75) is 20.3 Å². The molecule has 0 unspecified atom stereocenters. The molecular weight excluding hydrogens is 408 g/mol. The molecule has 1 N–H and O–H groups in total. The van der Waals surface area contributed by atoms with Gasteiger partial charge in [-0.3, -0.25) is 14.4 Å². The summed E-state index contributed by atoms with van der Waals surface area (Å²) in [5.74, 6) is -0.182. The van der Waals surface area contributed by atoms with E-state index in [1.807, 2.05) is 36.4 Å². The van der Waals surface area contributed by atoms with Crippen LogP contribution < -0.4 is 10.2 Å². The predicted molar refractivity (Wildman–Crippen MR) is 126 cm³/mol. The molecule has 1 aromatic heterocycles. The molecule has 0 aliphatic carbocycles. The van der Waals surface area contributed by atoms with Gasteiger partial charge in [0.25, 0.3) is 5.91 Å². The molecule has 4 rings (SSSR count). The van der Waals surface area contributed by atoms with Crippen LogP contribution in [0, 0.1) is 0 Å². The average Bonchev–Trinajstić information content (AvgIpc) is 3.16. The van der Waals surface area contributed by atoms with Crippen molar-refractivity contribution in [3.8, 4) is 0 Å².